The van der Waals surface area contributed by atoms with Gasteiger partial charge in [0.05, 0.1) is 17.6 Å². The van der Waals surface area contributed by atoms with Crippen LogP contribution in [0, 0.1) is 17.0 Å². The number of aliphatic hydroxyl groups excluding tert-OH is 1. The van der Waals surface area contributed by atoms with Gasteiger partial charge in [0, 0.05) is 23.7 Å². The Morgan fingerprint density at radius 2 is 2.19 bits per heavy atom. The van der Waals surface area contributed by atoms with Gasteiger partial charge in [-0.3, -0.25) is 14.9 Å². The van der Waals surface area contributed by atoms with E-state index in [2.05, 4.69) is 0 Å². The summed E-state index contributed by atoms with van der Waals surface area (Å²) < 4.78 is 0. The maximum atomic E-state index is 12.6. The van der Waals surface area contributed by atoms with Gasteiger partial charge in [-0.25, -0.2) is 0 Å². The highest BCUT2D eigenvalue weighted by Crippen LogP contribution is 2.23. The molecule has 6 nitrogen and oxygen atoms in total. The SMILES string of the molecule is Cc1cc(C(=O)N2CCCCCC2CO)ccc1[N+](=O)[O-]. The van der Waals surface area contributed by atoms with Crippen molar-refractivity contribution in [3.63, 3.8) is 0 Å². The van der Waals surface area contributed by atoms with Crippen molar-refractivity contribution in [1.82, 2.24) is 4.90 Å². The number of amides is 1. The number of nitro groups is 1. The molecular formula is C15H20N2O4. The van der Waals surface area contributed by atoms with Gasteiger partial charge in [0.1, 0.15) is 0 Å². The number of likely N-dealkylation sites (tertiary alicyclic amines) is 1. The molecule has 0 spiro atoms. The average molecular weight is 292 g/mol. The summed E-state index contributed by atoms with van der Waals surface area (Å²) in [7, 11) is 0. The van der Waals surface area contributed by atoms with Crippen LogP contribution >= 0.6 is 0 Å². The molecule has 6 heteroatoms. The lowest BCUT2D eigenvalue weighted by Crippen LogP contribution is -2.42. The van der Waals surface area contributed by atoms with Crippen molar-refractivity contribution in [2.45, 2.75) is 38.6 Å². The van der Waals surface area contributed by atoms with Crippen molar-refractivity contribution in [1.29, 1.82) is 0 Å². The van der Waals surface area contributed by atoms with Gasteiger partial charge in [-0.2, -0.15) is 0 Å². The van der Waals surface area contributed by atoms with E-state index >= 15 is 0 Å². The predicted octanol–water partition coefficient (Wildman–Crippen LogP) is 2.28. The van der Waals surface area contributed by atoms with Gasteiger partial charge in [0.25, 0.3) is 11.6 Å². The van der Waals surface area contributed by atoms with E-state index in [0.717, 1.165) is 25.7 Å². The average Bonchev–Trinajstić information content (AvgIpc) is 2.71. The molecule has 0 aromatic heterocycles. The van der Waals surface area contributed by atoms with Crippen molar-refractivity contribution in [3.8, 4) is 0 Å². The number of hydrogen-bond donors (Lipinski definition) is 1. The Balaban J connectivity index is 2.25. The van der Waals surface area contributed by atoms with Gasteiger partial charge in [-0.1, -0.05) is 12.8 Å². The second kappa shape index (κ2) is 6.67. The molecule has 1 aliphatic rings. The lowest BCUT2D eigenvalue weighted by molar-refractivity contribution is -0.385. The number of nitrogens with zero attached hydrogens (tertiary/aromatic N) is 2. The first-order valence-corrected chi connectivity index (χ1v) is 7.21. The van der Waals surface area contributed by atoms with E-state index in [1.807, 2.05) is 0 Å². The Bertz CT molecular complexity index is 544. The molecule has 1 heterocycles. The zero-order valence-corrected chi connectivity index (χ0v) is 12.1. The van der Waals surface area contributed by atoms with Crippen molar-refractivity contribution < 1.29 is 14.8 Å². The highest BCUT2D eigenvalue weighted by Gasteiger charge is 2.26. The largest absolute Gasteiger partial charge is 0.394 e. The maximum Gasteiger partial charge on any atom is 0.272 e. The normalized spacial score (nSPS) is 19.1. The topological polar surface area (TPSA) is 83.7 Å². The van der Waals surface area contributed by atoms with Gasteiger partial charge < -0.3 is 10.0 Å². The van der Waals surface area contributed by atoms with Crippen molar-refractivity contribution in [3.05, 3.63) is 39.4 Å². The molecule has 1 aromatic carbocycles. The third-order valence-electron chi connectivity index (χ3n) is 3.99. The number of aliphatic hydroxyl groups is 1. The molecule has 1 atom stereocenters. The maximum absolute atomic E-state index is 12.6. The molecule has 0 bridgehead atoms. The first-order chi connectivity index (χ1) is 10.0. The first kappa shape index (κ1) is 15.4. The Hall–Kier alpha value is -1.95. The van der Waals surface area contributed by atoms with Crippen LogP contribution in [-0.4, -0.2) is 40.0 Å². The Morgan fingerprint density at radius 3 is 2.81 bits per heavy atom. The van der Waals surface area contributed by atoms with Crippen LogP contribution in [-0.2, 0) is 0 Å². The fraction of sp³-hybridized carbons (Fsp3) is 0.533. The second-order valence-corrected chi connectivity index (χ2v) is 5.44. The monoisotopic (exact) mass is 292 g/mol. The molecule has 2 rings (SSSR count). The Kier molecular flexibility index (Phi) is 4.90. The van der Waals surface area contributed by atoms with Crippen LogP contribution < -0.4 is 0 Å². The second-order valence-electron chi connectivity index (χ2n) is 5.44. The summed E-state index contributed by atoms with van der Waals surface area (Å²) in [5.74, 6) is -0.158. The number of benzene rings is 1. The van der Waals surface area contributed by atoms with E-state index in [9.17, 15) is 20.0 Å². The molecule has 21 heavy (non-hydrogen) atoms. The number of aryl methyl sites for hydroxylation is 1. The van der Waals surface area contributed by atoms with Crippen LogP contribution in [0.4, 0.5) is 5.69 Å². The van der Waals surface area contributed by atoms with Crippen molar-refractivity contribution in [2.24, 2.45) is 0 Å². The summed E-state index contributed by atoms with van der Waals surface area (Å²) in [6.07, 6.45) is 3.79. The van der Waals surface area contributed by atoms with Crippen LogP contribution in [0.3, 0.4) is 0 Å². The zero-order chi connectivity index (χ0) is 15.4. The summed E-state index contributed by atoms with van der Waals surface area (Å²) in [6.45, 7) is 2.21. The summed E-state index contributed by atoms with van der Waals surface area (Å²) >= 11 is 0. The molecule has 0 radical (unpaired) electrons. The highest BCUT2D eigenvalue weighted by atomic mass is 16.6. The molecule has 0 aliphatic carbocycles. The lowest BCUT2D eigenvalue weighted by atomic mass is 10.1. The van der Waals surface area contributed by atoms with Crippen LogP contribution in [0.25, 0.3) is 0 Å². The molecule has 1 N–H and O–H groups in total. The fourth-order valence-corrected chi connectivity index (χ4v) is 2.79. The number of carbonyl (C=O) groups excluding carboxylic acids is 1. The quantitative estimate of drug-likeness (QED) is 0.684. The molecular weight excluding hydrogens is 272 g/mol. The number of rotatable bonds is 3. The van der Waals surface area contributed by atoms with Crippen LogP contribution in [0.5, 0.6) is 0 Å². The van der Waals surface area contributed by atoms with E-state index in [1.54, 1.807) is 17.9 Å². The van der Waals surface area contributed by atoms with Crippen LogP contribution in [0.1, 0.15) is 41.6 Å². The Labute approximate surface area is 123 Å². The molecule has 1 aliphatic heterocycles. The minimum atomic E-state index is -0.452. The highest BCUT2D eigenvalue weighted by molar-refractivity contribution is 5.95. The summed E-state index contributed by atoms with van der Waals surface area (Å²) in [4.78, 5) is 24.7. The van der Waals surface area contributed by atoms with Gasteiger partial charge in [0.2, 0.25) is 0 Å². The van der Waals surface area contributed by atoms with Gasteiger partial charge in [-0.05, 0) is 31.9 Å². The molecule has 1 aromatic rings. The van der Waals surface area contributed by atoms with E-state index < -0.39 is 4.92 Å². The molecule has 0 saturated carbocycles. The van der Waals surface area contributed by atoms with Gasteiger partial charge in [0.15, 0.2) is 0 Å². The smallest absolute Gasteiger partial charge is 0.272 e. The van der Waals surface area contributed by atoms with Crippen molar-refractivity contribution in [2.75, 3.05) is 13.2 Å². The summed E-state index contributed by atoms with van der Waals surface area (Å²) in [5, 5.41) is 20.3. The third kappa shape index (κ3) is 3.39. The minimum absolute atomic E-state index is 0.0149. The van der Waals surface area contributed by atoms with Gasteiger partial charge >= 0.3 is 0 Å². The number of carbonyl (C=O) groups is 1. The lowest BCUT2D eigenvalue weighted by Gasteiger charge is -2.28. The van der Waals surface area contributed by atoms with E-state index in [4.69, 9.17) is 0 Å². The number of nitro benzene ring substituents is 1. The molecule has 1 amide bonds. The third-order valence-corrected chi connectivity index (χ3v) is 3.99. The van der Waals surface area contributed by atoms with Gasteiger partial charge in [-0.15, -0.1) is 0 Å². The van der Waals surface area contributed by atoms with Crippen LogP contribution in [0.15, 0.2) is 18.2 Å². The van der Waals surface area contributed by atoms with E-state index in [1.165, 1.54) is 12.1 Å². The number of hydrogen-bond acceptors (Lipinski definition) is 4. The summed E-state index contributed by atoms with van der Waals surface area (Å²) in [5.41, 5.74) is 0.931. The molecule has 114 valence electrons. The summed E-state index contributed by atoms with van der Waals surface area (Å²) in [6, 6.07) is 4.26. The van der Waals surface area contributed by atoms with E-state index in [0.29, 0.717) is 17.7 Å². The van der Waals surface area contributed by atoms with Crippen molar-refractivity contribution >= 4 is 11.6 Å². The minimum Gasteiger partial charge on any atom is -0.394 e. The molecule has 1 unspecified atom stereocenters. The predicted molar refractivity (Wildman–Crippen MR) is 78.2 cm³/mol. The molecule has 1 fully saturated rings. The fourth-order valence-electron chi connectivity index (χ4n) is 2.79. The first-order valence-electron chi connectivity index (χ1n) is 7.21. The van der Waals surface area contributed by atoms with E-state index in [-0.39, 0.29) is 24.2 Å². The zero-order valence-electron chi connectivity index (χ0n) is 12.1. The molecule has 1 saturated heterocycles. The van der Waals surface area contributed by atoms with Crippen LogP contribution in [0.2, 0.25) is 0 Å². The standard InChI is InChI=1S/C15H20N2O4/c1-11-9-12(6-7-14(11)17(20)21)15(19)16-8-4-2-3-5-13(16)10-18/h6-7,9,13,18H,2-5,8,10H2,1H3. The Morgan fingerprint density at radius 1 is 1.43 bits per heavy atom.